The Morgan fingerprint density at radius 3 is 2.38 bits per heavy atom. The fraction of sp³-hybridized carbons (Fsp3) is 0.885. The number of nitrogens with one attached hydrogen (secondary N) is 1. The molecule has 1 N–H and O–H groups in total. The summed E-state index contributed by atoms with van der Waals surface area (Å²) in [4.78, 5) is 15.0. The molecule has 0 aliphatic heterocycles. The van der Waals surface area contributed by atoms with E-state index < -0.39 is 13.9 Å². The zero-order chi connectivity index (χ0) is 29.7. The minimum atomic E-state index is -3.96. The summed E-state index contributed by atoms with van der Waals surface area (Å²) in [6, 6.07) is -0.781. The van der Waals surface area contributed by atoms with Crippen LogP contribution >= 0.6 is 7.82 Å². The molecule has 0 fully saturated rings. The van der Waals surface area contributed by atoms with Gasteiger partial charge in [-0.2, -0.15) is 0 Å². The van der Waals surface area contributed by atoms with Crippen molar-refractivity contribution < 1.29 is 37.1 Å². The molecule has 0 saturated heterocycles. The topological polar surface area (TPSA) is 158 Å². The fourth-order valence-electron chi connectivity index (χ4n) is 3.62. The summed E-state index contributed by atoms with van der Waals surface area (Å²) in [5.74, 6) is -0.188. The molecule has 12 nitrogen and oxygen atoms in total. The van der Waals surface area contributed by atoms with E-state index in [0.717, 1.165) is 19.3 Å². The Hall–Kier alpha value is -1.59. The van der Waals surface area contributed by atoms with Crippen molar-refractivity contribution in [3.05, 3.63) is 23.1 Å². The quantitative estimate of drug-likeness (QED) is 0.0149. The first-order chi connectivity index (χ1) is 19.4. The Bertz CT molecular complexity index is 758. The van der Waals surface area contributed by atoms with Crippen molar-refractivity contribution in [2.24, 2.45) is 5.11 Å². The van der Waals surface area contributed by atoms with E-state index >= 15 is 0 Å². The first-order valence-corrected chi connectivity index (χ1v) is 16.0. The maximum atomic E-state index is 12.8. The molecule has 3 atom stereocenters. The predicted octanol–water partition coefficient (Wildman–Crippen LogP) is 6.26. The Kier molecular flexibility index (Phi) is 26.5. The third-order valence-electron chi connectivity index (χ3n) is 5.88. The van der Waals surface area contributed by atoms with E-state index in [1.54, 1.807) is 0 Å². The van der Waals surface area contributed by atoms with E-state index in [0.29, 0.717) is 26.4 Å². The predicted molar refractivity (Wildman–Crippen MR) is 155 cm³/mol. The third-order valence-corrected chi connectivity index (χ3v) is 7.31. The van der Waals surface area contributed by atoms with Crippen LogP contribution in [-0.2, 0) is 37.1 Å². The summed E-state index contributed by atoms with van der Waals surface area (Å²) in [6.07, 6.45) is 13.6. The standard InChI is InChI=1S/C26H50BN4O8P/c1-4-7-8-9-10-11-12-13-14-15-26(32)39-25(6-3)16-19-35-21-24(30-31-28)22-38-40(34,36-18-5-2)37-20-17-29-23-27-33/h5,24-25,29H,2,4,6-23H2,1,3H3. The summed E-state index contributed by atoms with van der Waals surface area (Å²) < 4.78 is 50.1. The first-order valence-electron chi connectivity index (χ1n) is 14.5. The Balaban J connectivity index is 4.32. The van der Waals surface area contributed by atoms with Crippen molar-refractivity contribution >= 4 is 20.9 Å². The van der Waals surface area contributed by atoms with Crippen LogP contribution in [0.4, 0.5) is 0 Å². The number of phosphoric ester groups is 1. The van der Waals surface area contributed by atoms with Crippen LogP contribution in [0.15, 0.2) is 17.8 Å². The van der Waals surface area contributed by atoms with Crippen LogP contribution in [0.5, 0.6) is 0 Å². The monoisotopic (exact) mass is 588 g/mol. The summed E-state index contributed by atoms with van der Waals surface area (Å²) >= 11 is 0. The maximum absolute atomic E-state index is 12.8. The van der Waals surface area contributed by atoms with Crippen LogP contribution in [0.25, 0.3) is 10.4 Å². The molecule has 0 bridgehead atoms. The molecule has 0 amide bonds. The van der Waals surface area contributed by atoms with Gasteiger partial charge in [0.2, 0.25) is 0 Å². The van der Waals surface area contributed by atoms with Crippen molar-refractivity contribution in [2.75, 3.05) is 46.0 Å². The number of nitrogens with zero attached hydrogens (tertiary/aromatic N) is 3. The number of carbonyl (C=O) groups excluding carboxylic acids is 1. The van der Waals surface area contributed by atoms with E-state index in [2.05, 4.69) is 28.8 Å². The molecule has 0 aromatic heterocycles. The first kappa shape index (κ1) is 38.4. The molecule has 0 saturated carbocycles. The Morgan fingerprint density at radius 1 is 1.05 bits per heavy atom. The number of azide groups is 1. The van der Waals surface area contributed by atoms with E-state index in [1.807, 2.05) is 6.92 Å². The van der Waals surface area contributed by atoms with Gasteiger partial charge < -0.3 is 10.3 Å². The van der Waals surface area contributed by atoms with Gasteiger partial charge in [0.1, 0.15) is 6.10 Å². The van der Waals surface area contributed by atoms with Gasteiger partial charge in [0.25, 0.3) is 0 Å². The average Bonchev–Trinajstić information content (AvgIpc) is 2.95. The Labute approximate surface area is 240 Å². The van der Waals surface area contributed by atoms with Gasteiger partial charge in [0.05, 0.1) is 0 Å². The number of hydrogen-bond acceptors (Lipinski definition) is 10. The average molecular weight is 588 g/mol. The second kappa shape index (κ2) is 27.6. The second-order valence-electron chi connectivity index (χ2n) is 9.35. The van der Waals surface area contributed by atoms with E-state index in [9.17, 15) is 14.1 Å². The number of unbranched alkanes of at least 4 members (excludes halogenated alkanes) is 8. The molecule has 230 valence electrons. The van der Waals surface area contributed by atoms with Gasteiger partial charge in [0.15, 0.2) is 0 Å². The van der Waals surface area contributed by atoms with Gasteiger partial charge >= 0.3 is 129 Å². The van der Waals surface area contributed by atoms with Crippen LogP contribution in [0.1, 0.15) is 90.9 Å². The van der Waals surface area contributed by atoms with E-state index in [-0.39, 0.29) is 58.1 Å². The molecular formula is C26H50BN4O8P. The molecular weight excluding hydrogens is 538 g/mol. The van der Waals surface area contributed by atoms with Gasteiger partial charge in [-0.05, 0) is 12.8 Å². The van der Waals surface area contributed by atoms with Crippen LogP contribution in [-0.4, -0.2) is 71.3 Å². The van der Waals surface area contributed by atoms with Crippen LogP contribution < -0.4 is 5.32 Å². The van der Waals surface area contributed by atoms with Gasteiger partial charge in [-0.25, -0.2) is 0 Å². The molecule has 0 aliphatic rings. The van der Waals surface area contributed by atoms with Crippen molar-refractivity contribution in [1.82, 2.24) is 5.32 Å². The molecule has 0 aliphatic carbocycles. The molecule has 0 aromatic carbocycles. The van der Waals surface area contributed by atoms with E-state index in [1.165, 1.54) is 44.6 Å². The number of rotatable bonds is 30. The molecule has 14 heteroatoms. The summed E-state index contributed by atoms with van der Waals surface area (Å²) in [7, 11) is -3.26. The summed E-state index contributed by atoms with van der Waals surface area (Å²) in [5, 5.41) is 6.40. The van der Waals surface area contributed by atoms with Gasteiger partial charge in [-0.15, -0.1) is 0 Å². The second-order valence-corrected chi connectivity index (χ2v) is 11.0. The number of ether oxygens (including phenoxy) is 2. The van der Waals surface area contributed by atoms with Crippen molar-refractivity contribution in [2.45, 2.75) is 103 Å². The zero-order valence-electron chi connectivity index (χ0n) is 24.5. The van der Waals surface area contributed by atoms with Gasteiger partial charge in [-0.1, -0.05) is 65.2 Å². The Morgan fingerprint density at radius 2 is 1.75 bits per heavy atom. The molecule has 0 heterocycles. The minimum absolute atomic E-state index is 0.00916. The van der Waals surface area contributed by atoms with Crippen LogP contribution in [0.2, 0.25) is 0 Å². The fourth-order valence-corrected chi connectivity index (χ4v) is 4.80. The van der Waals surface area contributed by atoms with Crippen molar-refractivity contribution in [1.29, 1.82) is 0 Å². The molecule has 3 unspecified atom stereocenters. The molecule has 0 spiro atoms. The number of carbonyl (C=O) groups is 1. The normalized spacial score (nSPS) is 13.9. The zero-order valence-corrected chi connectivity index (χ0v) is 25.4. The molecule has 40 heavy (non-hydrogen) atoms. The number of esters is 1. The third kappa shape index (κ3) is 23.2. The van der Waals surface area contributed by atoms with Crippen LogP contribution in [0.3, 0.4) is 0 Å². The summed E-state index contributed by atoms with van der Waals surface area (Å²) in [6.45, 7) is 7.87. The van der Waals surface area contributed by atoms with E-state index in [4.69, 9.17) is 28.6 Å². The van der Waals surface area contributed by atoms with Crippen molar-refractivity contribution in [3.8, 4) is 0 Å². The SMILES string of the molecule is C=CCOP(=O)(OCCNCB=O)OCC(COCCC(CC)OC(=O)CCCCCCCCCCC)N=[N+]=[N-]. The molecule has 0 radical (unpaired) electrons. The van der Waals surface area contributed by atoms with Gasteiger partial charge in [-0.3, -0.25) is 4.79 Å². The number of hydrogen-bond donors (Lipinski definition) is 1. The van der Waals surface area contributed by atoms with Crippen LogP contribution in [0, 0.1) is 0 Å². The van der Waals surface area contributed by atoms with Crippen molar-refractivity contribution in [3.63, 3.8) is 0 Å². The van der Waals surface area contributed by atoms with Gasteiger partial charge in [0, 0.05) is 12.8 Å². The number of phosphoric acid groups is 1. The molecule has 0 aromatic rings. The summed E-state index contributed by atoms with van der Waals surface area (Å²) in [5.41, 5.74) is 8.88. The molecule has 0 rings (SSSR count).